The van der Waals surface area contributed by atoms with Crippen molar-refractivity contribution in [3.05, 3.63) is 74.8 Å². The molecule has 0 aliphatic heterocycles. The molecule has 0 fully saturated rings. The number of nitro benzene ring substituents is 1. The Morgan fingerprint density at radius 2 is 1.96 bits per heavy atom. The number of anilines is 1. The molecule has 0 amide bonds. The molecule has 6 nitrogen and oxygen atoms in total. The van der Waals surface area contributed by atoms with E-state index in [1.165, 1.54) is 37.3 Å². The van der Waals surface area contributed by atoms with Crippen molar-refractivity contribution in [1.29, 1.82) is 0 Å². The lowest BCUT2D eigenvalue weighted by atomic mass is 10.2. The second kappa shape index (κ2) is 7.43. The average Bonchev–Trinajstić information content (AvgIpc) is 2.55. The number of aryl methyl sites for hydroxylation is 1. The van der Waals surface area contributed by atoms with E-state index in [1.54, 1.807) is 6.07 Å². The van der Waals surface area contributed by atoms with Gasteiger partial charge in [-0.3, -0.25) is 14.4 Å². The van der Waals surface area contributed by atoms with Crippen LogP contribution < -0.4 is 4.31 Å². The van der Waals surface area contributed by atoms with Crippen LogP contribution in [0.5, 0.6) is 0 Å². The van der Waals surface area contributed by atoms with E-state index in [2.05, 4.69) is 6.58 Å². The summed E-state index contributed by atoms with van der Waals surface area (Å²) in [5.41, 5.74) is 0.245. The molecule has 0 aliphatic carbocycles. The molecule has 0 spiro atoms. The number of rotatable bonds is 6. The predicted molar refractivity (Wildman–Crippen MR) is 99.0 cm³/mol. The number of nitrogens with zero attached hydrogens (tertiary/aromatic N) is 2. The second-order valence-electron chi connectivity index (χ2n) is 5.10. The van der Waals surface area contributed by atoms with Crippen LogP contribution in [0.25, 0.3) is 0 Å². The monoisotopic (exact) mass is 400 g/mol. The Kier molecular flexibility index (Phi) is 5.72. The largest absolute Gasteiger partial charge is 0.273 e. The molecule has 0 aliphatic rings. The number of nitro groups is 1. The van der Waals surface area contributed by atoms with Crippen LogP contribution in [0.3, 0.4) is 0 Å². The van der Waals surface area contributed by atoms with Crippen molar-refractivity contribution in [2.24, 2.45) is 0 Å². The van der Waals surface area contributed by atoms with Crippen molar-refractivity contribution in [1.82, 2.24) is 0 Å². The van der Waals surface area contributed by atoms with Gasteiger partial charge < -0.3 is 0 Å². The third-order valence-electron chi connectivity index (χ3n) is 3.46. The molecular weight excluding hydrogens is 387 g/mol. The smallest absolute Gasteiger partial charge is 0.261 e. The van der Waals surface area contributed by atoms with Crippen LogP contribution in [-0.2, 0) is 10.0 Å². The van der Waals surface area contributed by atoms with Crippen LogP contribution in [0.2, 0.25) is 10.0 Å². The van der Waals surface area contributed by atoms with E-state index >= 15 is 0 Å². The lowest BCUT2D eigenvalue weighted by Crippen LogP contribution is -2.31. The maximum atomic E-state index is 13.0. The summed E-state index contributed by atoms with van der Waals surface area (Å²) >= 11 is 12.1. The molecule has 0 saturated carbocycles. The summed E-state index contributed by atoms with van der Waals surface area (Å²) in [7, 11) is -4.11. The van der Waals surface area contributed by atoms with E-state index in [0.29, 0.717) is 5.56 Å². The van der Waals surface area contributed by atoms with Gasteiger partial charge in [0.2, 0.25) is 0 Å². The van der Waals surface area contributed by atoms with Crippen LogP contribution >= 0.6 is 23.2 Å². The third-order valence-corrected chi connectivity index (χ3v) is 6.04. The number of hydrogen-bond acceptors (Lipinski definition) is 4. The van der Waals surface area contributed by atoms with Crippen LogP contribution in [0.1, 0.15) is 5.56 Å². The maximum Gasteiger partial charge on any atom is 0.273 e. The first-order valence-electron chi connectivity index (χ1n) is 7.03. The molecule has 0 heterocycles. The van der Waals surface area contributed by atoms with E-state index < -0.39 is 14.9 Å². The minimum Gasteiger partial charge on any atom is -0.261 e. The topological polar surface area (TPSA) is 80.5 Å². The van der Waals surface area contributed by atoms with Gasteiger partial charge in [-0.25, -0.2) is 8.42 Å². The molecule has 25 heavy (non-hydrogen) atoms. The molecule has 132 valence electrons. The summed E-state index contributed by atoms with van der Waals surface area (Å²) in [4.78, 5) is 10.3. The van der Waals surface area contributed by atoms with Gasteiger partial charge in [-0.05, 0) is 25.1 Å². The van der Waals surface area contributed by atoms with Gasteiger partial charge in [0, 0.05) is 11.6 Å². The number of halogens is 2. The van der Waals surface area contributed by atoms with Crippen LogP contribution in [0.4, 0.5) is 11.4 Å². The Balaban J connectivity index is 2.65. The van der Waals surface area contributed by atoms with E-state index in [9.17, 15) is 18.5 Å². The Morgan fingerprint density at radius 3 is 2.56 bits per heavy atom. The van der Waals surface area contributed by atoms with Crippen molar-refractivity contribution >= 4 is 44.6 Å². The predicted octanol–water partition coefficient (Wildman–Crippen LogP) is 4.59. The first kappa shape index (κ1) is 19.2. The zero-order chi connectivity index (χ0) is 18.8. The fourth-order valence-electron chi connectivity index (χ4n) is 2.20. The first-order chi connectivity index (χ1) is 11.7. The average molecular weight is 401 g/mol. The summed E-state index contributed by atoms with van der Waals surface area (Å²) in [6.07, 6.45) is 1.39. The van der Waals surface area contributed by atoms with Gasteiger partial charge in [0.05, 0.1) is 32.1 Å². The number of sulfonamides is 1. The van der Waals surface area contributed by atoms with Gasteiger partial charge in [0.1, 0.15) is 0 Å². The fraction of sp³-hybridized carbons (Fsp3) is 0.125. The summed E-state index contributed by atoms with van der Waals surface area (Å²) in [5.74, 6) is 0. The minimum atomic E-state index is -4.11. The van der Waals surface area contributed by atoms with E-state index in [4.69, 9.17) is 23.2 Å². The van der Waals surface area contributed by atoms with Gasteiger partial charge in [-0.1, -0.05) is 41.4 Å². The molecule has 0 atom stereocenters. The first-order valence-corrected chi connectivity index (χ1v) is 9.22. The Bertz CT molecular complexity index is 945. The van der Waals surface area contributed by atoms with Gasteiger partial charge in [-0.15, -0.1) is 6.58 Å². The standard InChI is InChI=1S/C16H14Cl2N2O4S/c1-3-9-19(14-6-4-5-13(17)16(14)18)25(23,24)12-8-7-11(2)15(10-12)20(21)22/h3-8,10H,1,9H2,2H3. The fourth-order valence-corrected chi connectivity index (χ4v) is 4.12. The van der Waals surface area contributed by atoms with Crippen molar-refractivity contribution in [2.75, 3.05) is 10.8 Å². The summed E-state index contributed by atoms with van der Waals surface area (Å²) < 4.78 is 27.1. The maximum absolute atomic E-state index is 13.0. The summed E-state index contributed by atoms with van der Waals surface area (Å²) in [6, 6.07) is 8.32. The molecule has 9 heteroatoms. The Labute approximate surface area is 155 Å². The van der Waals surface area contributed by atoms with E-state index in [-0.39, 0.29) is 32.9 Å². The SMILES string of the molecule is C=CCN(c1cccc(Cl)c1Cl)S(=O)(=O)c1ccc(C)c([N+](=O)[O-])c1. The normalized spacial score (nSPS) is 11.2. The molecule has 0 aromatic heterocycles. The van der Waals surface area contributed by atoms with E-state index in [0.717, 1.165) is 10.4 Å². The van der Waals surface area contributed by atoms with Crippen LogP contribution in [-0.4, -0.2) is 19.9 Å². The quantitative estimate of drug-likeness (QED) is 0.403. The third kappa shape index (κ3) is 3.78. The zero-order valence-electron chi connectivity index (χ0n) is 13.1. The molecular formula is C16H14Cl2N2O4S. The highest BCUT2D eigenvalue weighted by atomic mass is 35.5. The van der Waals surface area contributed by atoms with Gasteiger partial charge >= 0.3 is 0 Å². The number of benzene rings is 2. The summed E-state index contributed by atoms with van der Waals surface area (Å²) in [5, 5.41) is 11.4. The molecule has 2 rings (SSSR count). The zero-order valence-corrected chi connectivity index (χ0v) is 15.5. The van der Waals surface area contributed by atoms with Gasteiger partial charge in [0.15, 0.2) is 0 Å². The van der Waals surface area contributed by atoms with E-state index in [1.807, 2.05) is 0 Å². The molecule has 0 unspecified atom stereocenters. The Morgan fingerprint density at radius 1 is 1.28 bits per heavy atom. The second-order valence-corrected chi connectivity index (χ2v) is 7.75. The summed E-state index contributed by atoms with van der Waals surface area (Å²) in [6.45, 7) is 5.01. The van der Waals surface area contributed by atoms with Gasteiger partial charge in [0.25, 0.3) is 15.7 Å². The molecule has 0 radical (unpaired) electrons. The highest BCUT2D eigenvalue weighted by Crippen LogP contribution is 2.36. The lowest BCUT2D eigenvalue weighted by Gasteiger charge is -2.24. The molecule has 0 N–H and O–H groups in total. The van der Waals surface area contributed by atoms with Crippen LogP contribution in [0.15, 0.2) is 53.9 Å². The van der Waals surface area contributed by atoms with Crippen molar-refractivity contribution in [3.63, 3.8) is 0 Å². The highest BCUT2D eigenvalue weighted by Gasteiger charge is 2.28. The molecule has 0 bridgehead atoms. The molecule has 0 saturated heterocycles. The lowest BCUT2D eigenvalue weighted by molar-refractivity contribution is -0.385. The van der Waals surface area contributed by atoms with Crippen molar-refractivity contribution in [3.8, 4) is 0 Å². The minimum absolute atomic E-state index is 0.0659. The highest BCUT2D eigenvalue weighted by molar-refractivity contribution is 7.92. The molecule has 2 aromatic rings. The molecule has 2 aromatic carbocycles. The van der Waals surface area contributed by atoms with Gasteiger partial charge in [-0.2, -0.15) is 0 Å². The van der Waals surface area contributed by atoms with Crippen molar-refractivity contribution in [2.45, 2.75) is 11.8 Å². The van der Waals surface area contributed by atoms with Crippen LogP contribution in [0, 0.1) is 17.0 Å². The number of hydrogen-bond donors (Lipinski definition) is 0. The van der Waals surface area contributed by atoms with Crippen molar-refractivity contribution < 1.29 is 13.3 Å². The Hall–Kier alpha value is -2.09.